The fourth-order valence-electron chi connectivity index (χ4n) is 0.973. The lowest BCUT2D eigenvalue weighted by Gasteiger charge is -2.20. The smallest absolute Gasteiger partial charge is 0.456 e. The van der Waals surface area contributed by atoms with Crippen LogP contribution in [0.1, 0.15) is 20.3 Å². The van der Waals surface area contributed by atoms with Crippen LogP contribution in [0.25, 0.3) is 0 Å². The fraction of sp³-hybridized carbons (Fsp3) is 0.889. The van der Waals surface area contributed by atoms with Gasteiger partial charge in [0, 0.05) is 0 Å². The Bertz CT molecular complexity index is 389. The van der Waals surface area contributed by atoms with E-state index in [0.29, 0.717) is 6.42 Å². The number of ether oxygens (including phenoxy) is 1. The maximum atomic E-state index is 11.4. The van der Waals surface area contributed by atoms with E-state index in [4.69, 9.17) is 15.4 Å². The summed E-state index contributed by atoms with van der Waals surface area (Å²) in [5.74, 6) is -0.813. The van der Waals surface area contributed by atoms with Gasteiger partial charge >= 0.3 is 22.0 Å². The highest BCUT2D eigenvalue weighted by Crippen LogP contribution is 2.43. The maximum Gasteiger partial charge on any atom is 0.472 e. The summed E-state index contributed by atoms with van der Waals surface area (Å²) < 4.78 is 40.4. The van der Waals surface area contributed by atoms with Crippen molar-refractivity contribution in [3.8, 4) is 0 Å². The van der Waals surface area contributed by atoms with Crippen LogP contribution in [0.3, 0.4) is 0 Å². The Labute approximate surface area is 123 Å². The summed E-state index contributed by atoms with van der Waals surface area (Å²) in [6, 6.07) is -0.934. The second kappa shape index (κ2) is 10.4. The first-order valence-corrected chi connectivity index (χ1v) is 8.87. The minimum Gasteiger partial charge on any atom is -0.456 e. The molecule has 0 aliphatic heterocycles. The Morgan fingerprint density at radius 1 is 1.38 bits per heavy atom. The molecule has 0 aromatic carbocycles. The number of nitrogens with two attached hydrogens (primary N) is 1. The number of hydrogen-bond donors (Lipinski definition) is 3. The molecule has 0 rings (SSSR count). The van der Waals surface area contributed by atoms with Crippen molar-refractivity contribution in [1.82, 2.24) is 0 Å². The van der Waals surface area contributed by atoms with E-state index in [0.717, 1.165) is 0 Å². The fourth-order valence-corrected chi connectivity index (χ4v) is 2.14. The number of hydrogen-bond acceptors (Lipinski definition) is 8. The van der Waals surface area contributed by atoms with Crippen LogP contribution >= 0.6 is 16.1 Å². The summed E-state index contributed by atoms with van der Waals surface area (Å²) in [4.78, 5) is 29.2. The second-order valence-corrected chi connectivity index (χ2v) is 6.30. The van der Waals surface area contributed by atoms with Gasteiger partial charge in [0.25, 0.3) is 0 Å². The molecule has 0 radical (unpaired) electrons. The number of carbonyl (C=O) groups excluding carboxylic acids is 1. The van der Waals surface area contributed by atoms with Crippen LogP contribution in [-0.2, 0) is 32.2 Å². The number of phosphoric acid groups is 1. The molecule has 21 heavy (non-hydrogen) atoms. The molecule has 0 heterocycles. The average Bonchev–Trinajstić information content (AvgIpc) is 2.39. The van der Waals surface area contributed by atoms with E-state index >= 15 is 0 Å². The van der Waals surface area contributed by atoms with Gasteiger partial charge in [-0.3, -0.25) is 18.4 Å². The third-order valence-corrected chi connectivity index (χ3v) is 3.33. The van der Waals surface area contributed by atoms with Crippen LogP contribution < -0.4 is 5.73 Å². The molecule has 0 aliphatic carbocycles. The van der Waals surface area contributed by atoms with Gasteiger partial charge in [0.1, 0.15) is 12.1 Å². The van der Waals surface area contributed by atoms with Gasteiger partial charge in [0.15, 0.2) is 0 Å². The van der Waals surface area contributed by atoms with E-state index in [2.05, 4.69) is 13.6 Å². The summed E-state index contributed by atoms with van der Waals surface area (Å²) in [6.45, 7) is 2.09. The van der Waals surface area contributed by atoms with Crippen LogP contribution in [0.2, 0.25) is 0 Å². The Morgan fingerprint density at radius 3 is 2.48 bits per heavy atom. The van der Waals surface area contributed by atoms with E-state index in [-0.39, 0.29) is 6.61 Å². The van der Waals surface area contributed by atoms with Crippen molar-refractivity contribution in [1.29, 1.82) is 0 Å². The molecule has 0 spiro atoms. The molecule has 0 saturated carbocycles. The van der Waals surface area contributed by atoms with Crippen molar-refractivity contribution >= 4 is 22.0 Å². The quantitative estimate of drug-likeness (QED) is 0.347. The molecule has 0 aromatic rings. The molecule has 10 nitrogen and oxygen atoms in total. The summed E-state index contributed by atoms with van der Waals surface area (Å²) in [5.41, 5.74) is 5.30. The molecule has 126 valence electrons. The molecule has 0 amide bonds. The zero-order valence-electron chi connectivity index (χ0n) is 11.8. The van der Waals surface area contributed by atoms with Crippen LogP contribution in [0.4, 0.5) is 0 Å². The van der Waals surface area contributed by atoms with E-state index in [9.17, 15) is 18.8 Å². The lowest BCUT2D eigenvalue weighted by Crippen LogP contribution is -2.35. The van der Waals surface area contributed by atoms with Crippen molar-refractivity contribution < 1.29 is 42.0 Å². The molecule has 3 unspecified atom stereocenters. The molecule has 4 atom stereocenters. The molecular formula is C9H21NO9P2. The number of rotatable bonds is 11. The summed E-state index contributed by atoms with van der Waals surface area (Å²) >= 11 is 0. The van der Waals surface area contributed by atoms with E-state index in [1.807, 2.05) is 0 Å². The molecule has 4 N–H and O–H groups in total. The van der Waals surface area contributed by atoms with Crippen molar-refractivity contribution in [3.63, 3.8) is 0 Å². The normalized spacial score (nSPS) is 18.5. The summed E-state index contributed by atoms with van der Waals surface area (Å²) in [7, 11) is -7.53. The highest BCUT2D eigenvalue weighted by atomic mass is 31.2. The Balaban J connectivity index is 4.48. The lowest BCUT2D eigenvalue weighted by molar-refractivity contribution is -0.153. The molecule has 0 aromatic heterocycles. The third kappa shape index (κ3) is 11.0. The second-order valence-electron chi connectivity index (χ2n) is 4.02. The maximum absolute atomic E-state index is 11.4. The minimum absolute atomic E-state index is 0.0128. The van der Waals surface area contributed by atoms with Crippen molar-refractivity contribution in [2.45, 2.75) is 32.4 Å². The first kappa shape index (κ1) is 20.7. The molecule has 0 bridgehead atoms. The summed E-state index contributed by atoms with van der Waals surface area (Å²) in [6.07, 6.45) is -0.664. The standard InChI is InChI=1S/C9H21NO9P2/c1-3-4-17-21(14,15)18-6-8(5-16-20(12)13)19-9(11)7(2)10/h7-8,20H,3-6,10H2,1-2H3,(H,12,13)(H,14,15)/t7-,8?/m1/s1. The largest absolute Gasteiger partial charge is 0.472 e. The predicted molar refractivity (Wildman–Crippen MR) is 72.7 cm³/mol. The summed E-state index contributed by atoms with van der Waals surface area (Å²) in [5, 5.41) is 0. The Morgan fingerprint density at radius 2 is 2.00 bits per heavy atom. The van der Waals surface area contributed by atoms with Gasteiger partial charge in [-0.2, -0.15) is 0 Å². The highest BCUT2D eigenvalue weighted by molar-refractivity contribution is 7.47. The molecule has 0 aliphatic rings. The Kier molecular flexibility index (Phi) is 10.3. The average molecular weight is 349 g/mol. The van der Waals surface area contributed by atoms with Crippen molar-refractivity contribution in [2.75, 3.05) is 19.8 Å². The van der Waals surface area contributed by atoms with Crippen molar-refractivity contribution in [2.24, 2.45) is 5.73 Å². The van der Waals surface area contributed by atoms with Gasteiger partial charge in [-0.15, -0.1) is 0 Å². The van der Waals surface area contributed by atoms with Crippen LogP contribution in [0, 0.1) is 0 Å². The van der Waals surface area contributed by atoms with Gasteiger partial charge in [0.2, 0.25) is 0 Å². The highest BCUT2D eigenvalue weighted by Gasteiger charge is 2.26. The van der Waals surface area contributed by atoms with Crippen molar-refractivity contribution in [3.05, 3.63) is 0 Å². The number of carbonyl (C=O) groups is 1. The zero-order chi connectivity index (χ0) is 16.5. The van der Waals surface area contributed by atoms with E-state index in [1.54, 1.807) is 6.92 Å². The third-order valence-electron chi connectivity index (χ3n) is 1.93. The van der Waals surface area contributed by atoms with Crippen LogP contribution in [-0.4, -0.2) is 47.7 Å². The van der Waals surface area contributed by atoms with E-state index < -0.39 is 47.4 Å². The van der Waals surface area contributed by atoms with Crippen LogP contribution in [0.5, 0.6) is 0 Å². The van der Waals surface area contributed by atoms with Gasteiger partial charge in [-0.1, -0.05) is 6.92 Å². The van der Waals surface area contributed by atoms with Gasteiger partial charge in [-0.05, 0) is 13.3 Å². The lowest BCUT2D eigenvalue weighted by atomic mass is 10.3. The Hall–Kier alpha value is -0.310. The number of phosphoric ester groups is 1. The van der Waals surface area contributed by atoms with Gasteiger partial charge < -0.3 is 24.8 Å². The first-order chi connectivity index (χ1) is 9.68. The van der Waals surface area contributed by atoms with E-state index in [1.165, 1.54) is 6.92 Å². The SMILES string of the molecule is CCCOP(=O)(O)OCC(CO[PH](=O)O)OC(=O)[C@@H](C)N. The first-order valence-electron chi connectivity index (χ1n) is 6.11. The molecular weight excluding hydrogens is 328 g/mol. The number of esters is 1. The predicted octanol–water partition coefficient (Wildman–Crippen LogP) is 0.188. The molecule has 12 heteroatoms. The molecule has 0 saturated heterocycles. The monoisotopic (exact) mass is 349 g/mol. The zero-order valence-corrected chi connectivity index (χ0v) is 13.7. The minimum atomic E-state index is -4.29. The molecule has 0 fully saturated rings. The topological polar surface area (TPSA) is 155 Å². The van der Waals surface area contributed by atoms with Gasteiger partial charge in [-0.25, -0.2) is 4.57 Å². The van der Waals surface area contributed by atoms with Crippen LogP contribution in [0.15, 0.2) is 0 Å². The van der Waals surface area contributed by atoms with Gasteiger partial charge in [0.05, 0.1) is 19.8 Å².